The lowest BCUT2D eigenvalue weighted by Crippen LogP contribution is -2.46. The Morgan fingerprint density at radius 2 is 1.52 bits per heavy atom. The maximum atomic E-state index is 11.0. The van der Waals surface area contributed by atoms with Crippen LogP contribution in [0.2, 0.25) is 0 Å². The molecule has 25 heavy (non-hydrogen) atoms. The van der Waals surface area contributed by atoms with E-state index in [1.807, 2.05) is 18.2 Å². The van der Waals surface area contributed by atoms with Gasteiger partial charge in [0, 0.05) is 44.3 Å². The lowest BCUT2D eigenvalue weighted by atomic mass is 10.2. The molecule has 1 fully saturated rings. The van der Waals surface area contributed by atoms with Crippen LogP contribution in [-0.2, 0) is 0 Å². The second kappa shape index (κ2) is 6.72. The van der Waals surface area contributed by atoms with Crippen molar-refractivity contribution < 1.29 is 4.79 Å². The van der Waals surface area contributed by atoms with Crippen molar-refractivity contribution in [1.29, 1.82) is 0 Å². The van der Waals surface area contributed by atoms with E-state index in [4.69, 9.17) is 0 Å². The summed E-state index contributed by atoms with van der Waals surface area (Å²) in [6.45, 7) is 3.69. The molecular weight excluding hydrogens is 316 g/mol. The van der Waals surface area contributed by atoms with Gasteiger partial charge in [0.2, 0.25) is 0 Å². The Bertz CT molecular complexity index is 838. The van der Waals surface area contributed by atoms with Gasteiger partial charge in [0.15, 0.2) is 23.7 Å². The van der Waals surface area contributed by atoms with Crippen LogP contribution in [0.15, 0.2) is 54.9 Å². The number of aldehydes is 1. The van der Waals surface area contributed by atoms with Crippen LogP contribution in [0.4, 0.5) is 11.5 Å². The van der Waals surface area contributed by atoms with E-state index in [0.717, 1.165) is 32.0 Å². The Kier molecular flexibility index (Phi) is 4.12. The molecule has 4 rings (SSSR count). The highest BCUT2D eigenvalue weighted by molar-refractivity contribution is 5.70. The van der Waals surface area contributed by atoms with Gasteiger partial charge in [-0.15, -0.1) is 10.2 Å². The van der Waals surface area contributed by atoms with Crippen molar-refractivity contribution in [3.63, 3.8) is 0 Å². The summed E-state index contributed by atoms with van der Waals surface area (Å²) in [5.74, 6) is 1.76. The number of piperazine rings is 1. The molecule has 0 radical (unpaired) electrons. The van der Waals surface area contributed by atoms with Gasteiger partial charge in [-0.2, -0.15) is 0 Å². The fraction of sp³-hybridized carbons (Fsp3) is 0.222. The highest BCUT2D eigenvalue weighted by Gasteiger charge is 2.18. The molecule has 7 nitrogen and oxygen atoms in total. The van der Waals surface area contributed by atoms with E-state index in [0.29, 0.717) is 17.9 Å². The molecule has 0 spiro atoms. The molecule has 2 aromatic heterocycles. The number of hydrogen-bond donors (Lipinski definition) is 0. The first kappa shape index (κ1) is 15.3. The maximum Gasteiger partial charge on any atom is 0.185 e. The number of para-hydroxylation sites is 1. The molecule has 1 aliphatic heterocycles. The standard InChI is InChI=1S/C18H18N6O/c25-14-18-19-8-9-24(18)17-7-6-16(20-21-17)23-12-10-22(11-13-23)15-4-2-1-3-5-15/h1-9,14H,10-13H2. The van der Waals surface area contributed by atoms with Crippen molar-refractivity contribution in [2.45, 2.75) is 0 Å². The molecule has 1 saturated heterocycles. The molecule has 3 aromatic rings. The molecule has 3 heterocycles. The third-order valence-electron chi connectivity index (χ3n) is 4.38. The molecule has 0 aliphatic carbocycles. The van der Waals surface area contributed by atoms with Gasteiger partial charge in [0.25, 0.3) is 0 Å². The Labute approximate surface area is 145 Å². The molecule has 126 valence electrons. The van der Waals surface area contributed by atoms with E-state index in [9.17, 15) is 4.79 Å². The first-order chi connectivity index (χ1) is 12.3. The van der Waals surface area contributed by atoms with Crippen molar-refractivity contribution in [2.75, 3.05) is 36.0 Å². The van der Waals surface area contributed by atoms with Crippen molar-refractivity contribution in [3.05, 3.63) is 60.7 Å². The SMILES string of the molecule is O=Cc1nccn1-c1ccc(N2CCN(c3ccccc3)CC2)nn1. The van der Waals surface area contributed by atoms with Crippen LogP contribution in [0.5, 0.6) is 0 Å². The van der Waals surface area contributed by atoms with E-state index in [-0.39, 0.29) is 0 Å². The van der Waals surface area contributed by atoms with E-state index in [1.165, 1.54) is 5.69 Å². The zero-order chi connectivity index (χ0) is 17.1. The second-order valence-corrected chi connectivity index (χ2v) is 5.83. The van der Waals surface area contributed by atoms with Gasteiger partial charge in [0.05, 0.1) is 0 Å². The van der Waals surface area contributed by atoms with Gasteiger partial charge >= 0.3 is 0 Å². The van der Waals surface area contributed by atoms with Gasteiger partial charge in [-0.05, 0) is 24.3 Å². The number of rotatable bonds is 4. The molecule has 1 aromatic carbocycles. The molecule has 0 unspecified atom stereocenters. The lowest BCUT2D eigenvalue weighted by molar-refractivity contribution is 0.111. The van der Waals surface area contributed by atoms with Crippen LogP contribution < -0.4 is 9.80 Å². The van der Waals surface area contributed by atoms with E-state index >= 15 is 0 Å². The van der Waals surface area contributed by atoms with Gasteiger partial charge < -0.3 is 9.80 Å². The van der Waals surface area contributed by atoms with Crippen LogP contribution in [0, 0.1) is 0 Å². The van der Waals surface area contributed by atoms with Crippen LogP contribution in [-0.4, -0.2) is 52.2 Å². The van der Waals surface area contributed by atoms with E-state index in [2.05, 4.69) is 49.2 Å². The molecule has 0 N–H and O–H groups in total. The zero-order valence-electron chi connectivity index (χ0n) is 13.7. The van der Waals surface area contributed by atoms with Crippen molar-refractivity contribution in [1.82, 2.24) is 19.7 Å². The van der Waals surface area contributed by atoms with E-state index in [1.54, 1.807) is 17.0 Å². The number of carbonyl (C=O) groups excluding carboxylic acids is 1. The molecule has 0 atom stereocenters. The zero-order valence-corrected chi connectivity index (χ0v) is 13.7. The quantitative estimate of drug-likeness (QED) is 0.678. The highest BCUT2D eigenvalue weighted by atomic mass is 16.1. The molecule has 0 bridgehead atoms. The minimum absolute atomic E-state index is 0.318. The molecule has 0 saturated carbocycles. The topological polar surface area (TPSA) is 67.2 Å². The summed E-state index contributed by atoms with van der Waals surface area (Å²) >= 11 is 0. The number of imidazole rings is 1. The van der Waals surface area contributed by atoms with Gasteiger partial charge in [0.1, 0.15) is 0 Å². The number of hydrogen-bond acceptors (Lipinski definition) is 6. The van der Waals surface area contributed by atoms with Crippen LogP contribution in [0.1, 0.15) is 10.6 Å². The Morgan fingerprint density at radius 1 is 0.840 bits per heavy atom. The Hall–Kier alpha value is -3.22. The third kappa shape index (κ3) is 3.08. The number of benzene rings is 1. The maximum absolute atomic E-state index is 11.0. The number of anilines is 2. The summed E-state index contributed by atoms with van der Waals surface area (Å²) in [5.41, 5.74) is 1.25. The average molecular weight is 334 g/mol. The van der Waals surface area contributed by atoms with Crippen molar-refractivity contribution in [3.8, 4) is 5.82 Å². The molecule has 1 aliphatic rings. The minimum Gasteiger partial charge on any atom is -0.368 e. The lowest BCUT2D eigenvalue weighted by Gasteiger charge is -2.36. The fourth-order valence-corrected chi connectivity index (χ4v) is 3.04. The van der Waals surface area contributed by atoms with Crippen LogP contribution in [0.25, 0.3) is 5.82 Å². The predicted octanol–water partition coefficient (Wildman–Crippen LogP) is 1.80. The number of carbonyl (C=O) groups is 1. The van der Waals surface area contributed by atoms with E-state index < -0.39 is 0 Å². The minimum atomic E-state index is 0.318. The smallest absolute Gasteiger partial charge is 0.185 e. The summed E-state index contributed by atoms with van der Waals surface area (Å²) in [7, 11) is 0. The fourth-order valence-electron chi connectivity index (χ4n) is 3.04. The van der Waals surface area contributed by atoms with Gasteiger partial charge in [-0.3, -0.25) is 9.36 Å². The molecule has 7 heteroatoms. The largest absolute Gasteiger partial charge is 0.368 e. The Morgan fingerprint density at radius 3 is 2.20 bits per heavy atom. The summed E-state index contributed by atoms with van der Waals surface area (Å²) in [6, 6.07) is 14.2. The van der Waals surface area contributed by atoms with Crippen molar-refractivity contribution in [2.24, 2.45) is 0 Å². The summed E-state index contributed by atoms with van der Waals surface area (Å²) in [6.07, 6.45) is 3.98. The van der Waals surface area contributed by atoms with Crippen LogP contribution in [0.3, 0.4) is 0 Å². The van der Waals surface area contributed by atoms with Crippen molar-refractivity contribution >= 4 is 17.8 Å². The third-order valence-corrected chi connectivity index (χ3v) is 4.38. The van der Waals surface area contributed by atoms with Crippen LogP contribution >= 0.6 is 0 Å². The van der Waals surface area contributed by atoms with Gasteiger partial charge in [-0.1, -0.05) is 18.2 Å². The predicted molar refractivity (Wildman–Crippen MR) is 95.4 cm³/mol. The van der Waals surface area contributed by atoms with Gasteiger partial charge in [-0.25, -0.2) is 4.98 Å². The first-order valence-electron chi connectivity index (χ1n) is 8.23. The number of nitrogens with zero attached hydrogens (tertiary/aromatic N) is 6. The Balaban J connectivity index is 1.44. The number of aromatic nitrogens is 4. The summed E-state index contributed by atoms with van der Waals surface area (Å²) in [4.78, 5) is 19.6. The first-order valence-corrected chi connectivity index (χ1v) is 8.23. The average Bonchev–Trinajstić information content (AvgIpc) is 3.18. The highest BCUT2D eigenvalue weighted by Crippen LogP contribution is 2.19. The summed E-state index contributed by atoms with van der Waals surface area (Å²) < 4.78 is 1.62. The monoisotopic (exact) mass is 334 g/mol. The normalized spacial score (nSPS) is 14.6. The summed E-state index contributed by atoms with van der Waals surface area (Å²) in [5, 5.41) is 8.57. The molecular formula is C18H18N6O. The second-order valence-electron chi connectivity index (χ2n) is 5.83. The molecule has 0 amide bonds.